The average Bonchev–Trinajstić information content (AvgIpc) is 2.60. The molecule has 3 aromatic carbocycles. The van der Waals surface area contributed by atoms with E-state index in [4.69, 9.17) is 11.6 Å². The number of hydrogen-bond donors (Lipinski definition) is 2. The molecule has 0 fully saturated rings. The fourth-order valence-electron chi connectivity index (χ4n) is 2.65. The van der Waals surface area contributed by atoms with Gasteiger partial charge in [-0.3, -0.25) is 4.79 Å². The minimum atomic E-state index is -0.0795. The Morgan fingerprint density at radius 2 is 1.71 bits per heavy atom. The Morgan fingerprint density at radius 3 is 2.50 bits per heavy atom. The molecule has 122 valence electrons. The molecule has 0 unspecified atom stereocenters. The van der Waals surface area contributed by atoms with Crippen LogP contribution in [0.4, 0.5) is 5.69 Å². The Balaban J connectivity index is 1.59. The van der Waals surface area contributed by atoms with Crippen LogP contribution in [0.2, 0.25) is 5.02 Å². The van der Waals surface area contributed by atoms with Gasteiger partial charge in [0.05, 0.1) is 6.54 Å². The molecule has 0 aliphatic rings. The SMILES string of the molecule is C[C@@H](NCC(=O)Nc1ccc2ccccc2c1)c1ccccc1Cl. The van der Waals surface area contributed by atoms with Gasteiger partial charge in [-0.25, -0.2) is 0 Å². The maximum atomic E-state index is 12.2. The molecular weight excluding hydrogens is 320 g/mol. The number of carbonyl (C=O) groups is 1. The molecule has 0 saturated carbocycles. The van der Waals surface area contributed by atoms with Crippen LogP contribution in [0.3, 0.4) is 0 Å². The van der Waals surface area contributed by atoms with Gasteiger partial charge in [-0.1, -0.05) is 60.1 Å². The van der Waals surface area contributed by atoms with E-state index in [2.05, 4.69) is 10.6 Å². The predicted molar refractivity (Wildman–Crippen MR) is 100 cm³/mol. The van der Waals surface area contributed by atoms with Crippen molar-refractivity contribution in [3.63, 3.8) is 0 Å². The van der Waals surface area contributed by atoms with Crippen molar-refractivity contribution < 1.29 is 4.79 Å². The zero-order valence-electron chi connectivity index (χ0n) is 13.4. The fourth-order valence-corrected chi connectivity index (χ4v) is 2.95. The lowest BCUT2D eigenvalue weighted by molar-refractivity contribution is -0.115. The van der Waals surface area contributed by atoms with Gasteiger partial charge in [0.25, 0.3) is 0 Å². The van der Waals surface area contributed by atoms with Crippen LogP contribution in [0.25, 0.3) is 10.8 Å². The number of halogens is 1. The highest BCUT2D eigenvalue weighted by molar-refractivity contribution is 6.31. The molecule has 3 rings (SSSR count). The van der Waals surface area contributed by atoms with Crippen LogP contribution in [-0.4, -0.2) is 12.5 Å². The second-order valence-corrected chi connectivity index (χ2v) is 6.14. The Hall–Kier alpha value is -2.36. The van der Waals surface area contributed by atoms with E-state index in [9.17, 15) is 4.79 Å². The van der Waals surface area contributed by atoms with Crippen molar-refractivity contribution in [3.05, 3.63) is 77.3 Å². The van der Waals surface area contributed by atoms with E-state index in [1.54, 1.807) is 0 Å². The van der Waals surface area contributed by atoms with Gasteiger partial charge >= 0.3 is 0 Å². The van der Waals surface area contributed by atoms with Crippen LogP contribution >= 0.6 is 11.6 Å². The second kappa shape index (κ2) is 7.47. The van der Waals surface area contributed by atoms with Gasteiger partial charge in [0, 0.05) is 16.8 Å². The number of carbonyl (C=O) groups excluding carboxylic acids is 1. The maximum Gasteiger partial charge on any atom is 0.238 e. The molecule has 0 radical (unpaired) electrons. The topological polar surface area (TPSA) is 41.1 Å². The van der Waals surface area contributed by atoms with E-state index in [0.29, 0.717) is 5.02 Å². The molecule has 1 amide bonds. The van der Waals surface area contributed by atoms with Crippen molar-refractivity contribution >= 4 is 34.0 Å². The van der Waals surface area contributed by atoms with Crippen LogP contribution in [0.15, 0.2) is 66.7 Å². The third kappa shape index (κ3) is 3.94. The average molecular weight is 339 g/mol. The molecule has 0 aliphatic heterocycles. The van der Waals surface area contributed by atoms with Gasteiger partial charge in [-0.2, -0.15) is 0 Å². The first kappa shape index (κ1) is 16.5. The van der Waals surface area contributed by atoms with Crippen LogP contribution in [0, 0.1) is 0 Å². The summed E-state index contributed by atoms with van der Waals surface area (Å²) in [7, 11) is 0. The predicted octanol–water partition coefficient (Wildman–Crippen LogP) is 4.78. The van der Waals surface area contributed by atoms with Crippen molar-refractivity contribution in [2.24, 2.45) is 0 Å². The van der Waals surface area contributed by atoms with E-state index in [1.807, 2.05) is 73.7 Å². The Morgan fingerprint density at radius 1 is 1.00 bits per heavy atom. The third-order valence-corrected chi connectivity index (χ3v) is 4.32. The molecule has 0 heterocycles. The lowest BCUT2D eigenvalue weighted by atomic mass is 10.1. The quantitative estimate of drug-likeness (QED) is 0.702. The van der Waals surface area contributed by atoms with E-state index in [-0.39, 0.29) is 18.5 Å². The highest BCUT2D eigenvalue weighted by Gasteiger charge is 2.10. The number of fused-ring (bicyclic) bond motifs is 1. The van der Waals surface area contributed by atoms with Crippen molar-refractivity contribution in [1.29, 1.82) is 0 Å². The summed E-state index contributed by atoms with van der Waals surface area (Å²) in [6.07, 6.45) is 0. The minimum Gasteiger partial charge on any atom is -0.325 e. The summed E-state index contributed by atoms with van der Waals surface area (Å²) in [4.78, 5) is 12.2. The summed E-state index contributed by atoms with van der Waals surface area (Å²) in [6.45, 7) is 2.21. The van der Waals surface area contributed by atoms with Crippen LogP contribution in [-0.2, 0) is 4.79 Å². The molecule has 3 aromatic rings. The summed E-state index contributed by atoms with van der Waals surface area (Å²) in [6, 6.07) is 21.6. The van der Waals surface area contributed by atoms with Gasteiger partial charge in [-0.15, -0.1) is 0 Å². The smallest absolute Gasteiger partial charge is 0.238 e. The van der Waals surface area contributed by atoms with Crippen molar-refractivity contribution in [2.45, 2.75) is 13.0 Å². The molecule has 4 heteroatoms. The lowest BCUT2D eigenvalue weighted by Gasteiger charge is -2.15. The second-order valence-electron chi connectivity index (χ2n) is 5.73. The maximum absolute atomic E-state index is 12.2. The zero-order valence-corrected chi connectivity index (χ0v) is 14.2. The monoisotopic (exact) mass is 338 g/mol. The number of nitrogens with one attached hydrogen (secondary N) is 2. The molecule has 0 aromatic heterocycles. The summed E-state index contributed by atoms with van der Waals surface area (Å²) >= 11 is 6.18. The van der Waals surface area contributed by atoms with E-state index >= 15 is 0 Å². The number of hydrogen-bond acceptors (Lipinski definition) is 2. The molecule has 0 aliphatic carbocycles. The first-order chi connectivity index (χ1) is 11.6. The first-order valence-corrected chi connectivity index (χ1v) is 8.28. The summed E-state index contributed by atoms with van der Waals surface area (Å²) in [5.41, 5.74) is 1.78. The van der Waals surface area contributed by atoms with Crippen molar-refractivity contribution in [3.8, 4) is 0 Å². The number of amides is 1. The minimum absolute atomic E-state index is 0.000975. The molecule has 0 spiro atoms. The Labute approximate surface area is 146 Å². The van der Waals surface area contributed by atoms with Crippen LogP contribution in [0.5, 0.6) is 0 Å². The highest BCUT2D eigenvalue weighted by atomic mass is 35.5. The number of rotatable bonds is 5. The van der Waals surface area contributed by atoms with Gasteiger partial charge < -0.3 is 10.6 Å². The molecule has 1 atom stereocenters. The molecule has 0 bridgehead atoms. The van der Waals surface area contributed by atoms with E-state index in [1.165, 1.54) is 0 Å². The summed E-state index contributed by atoms with van der Waals surface area (Å²) < 4.78 is 0. The van der Waals surface area contributed by atoms with Gasteiger partial charge in [-0.05, 0) is 41.5 Å². The van der Waals surface area contributed by atoms with Crippen molar-refractivity contribution in [1.82, 2.24) is 5.32 Å². The largest absolute Gasteiger partial charge is 0.325 e. The molecule has 3 nitrogen and oxygen atoms in total. The molecule has 0 saturated heterocycles. The zero-order chi connectivity index (χ0) is 16.9. The molecule has 24 heavy (non-hydrogen) atoms. The molecule has 2 N–H and O–H groups in total. The van der Waals surface area contributed by atoms with E-state index in [0.717, 1.165) is 22.0 Å². The standard InChI is InChI=1S/C20H19ClN2O/c1-14(18-8-4-5-9-19(18)21)22-13-20(24)23-17-11-10-15-6-2-3-7-16(15)12-17/h2-12,14,22H,13H2,1H3,(H,23,24)/t14-/m1/s1. The lowest BCUT2D eigenvalue weighted by Crippen LogP contribution is -2.30. The number of anilines is 1. The third-order valence-electron chi connectivity index (χ3n) is 3.97. The molecular formula is C20H19ClN2O. The van der Waals surface area contributed by atoms with Gasteiger partial charge in [0.2, 0.25) is 5.91 Å². The normalized spacial score (nSPS) is 12.1. The first-order valence-electron chi connectivity index (χ1n) is 7.90. The summed E-state index contributed by atoms with van der Waals surface area (Å²) in [5.74, 6) is -0.0795. The van der Waals surface area contributed by atoms with Gasteiger partial charge in [0.15, 0.2) is 0 Å². The fraction of sp³-hybridized carbons (Fsp3) is 0.150. The Bertz CT molecular complexity index is 863. The van der Waals surface area contributed by atoms with Crippen LogP contribution < -0.4 is 10.6 Å². The van der Waals surface area contributed by atoms with Gasteiger partial charge in [0.1, 0.15) is 0 Å². The van der Waals surface area contributed by atoms with Crippen LogP contribution in [0.1, 0.15) is 18.5 Å². The summed E-state index contributed by atoms with van der Waals surface area (Å²) in [5, 5.41) is 9.08. The highest BCUT2D eigenvalue weighted by Crippen LogP contribution is 2.22. The Kier molecular flexibility index (Phi) is 5.14. The van der Waals surface area contributed by atoms with E-state index < -0.39 is 0 Å². The van der Waals surface area contributed by atoms with Crippen molar-refractivity contribution in [2.75, 3.05) is 11.9 Å². The number of benzene rings is 3.